The zero-order valence-corrected chi connectivity index (χ0v) is 10.00. The Kier molecular flexibility index (Phi) is 5.85. The van der Waals surface area contributed by atoms with Gasteiger partial charge in [0.25, 0.3) is 0 Å². The summed E-state index contributed by atoms with van der Waals surface area (Å²) in [6.07, 6.45) is 0.297. The van der Waals surface area contributed by atoms with E-state index in [9.17, 15) is 9.18 Å². The Morgan fingerprint density at radius 3 is 2.94 bits per heavy atom. The van der Waals surface area contributed by atoms with Gasteiger partial charge < -0.3 is 15.2 Å². The van der Waals surface area contributed by atoms with E-state index in [0.29, 0.717) is 12.1 Å². The standard InChI is InChI=1S/C13H14FNO3/c1-18-9-13(17)15-11-6-5-10(12(14)8-11)4-2-3-7-16/h5-6,8,16H,3,7,9H2,1H3,(H,15,17). The summed E-state index contributed by atoms with van der Waals surface area (Å²) >= 11 is 0. The van der Waals surface area contributed by atoms with Crippen molar-refractivity contribution >= 4 is 11.6 Å². The Morgan fingerprint density at radius 2 is 2.33 bits per heavy atom. The molecule has 96 valence electrons. The van der Waals surface area contributed by atoms with Crippen LogP contribution in [-0.4, -0.2) is 31.3 Å². The molecule has 0 aromatic heterocycles. The lowest BCUT2D eigenvalue weighted by molar-refractivity contribution is -0.119. The molecule has 0 saturated heterocycles. The lowest BCUT2D eigenvalue weighted by Crippen LogP contribution is -2.17. The van der Waals surface area contributed by atoms with Crippen LogP contribution in [0.3, 0.4) is 0 Å². The Balaban J connectivity index is 2.74. The van der Waals surface area contributed by atoms with Crippen LogP contribution in [0.2, 0.25) is 0 Å². The molecule has 0 heterocycles. The van der Waals surface area contributed by atoms with Crippen molar-refractivity contribution in [2.24, 2.45) is 0 Å². The van der Waals surface area contributed by atoms with E-state index in [2.05, 4.69) is 21.9 Å². The van der Waals surface area contributed by atoms with Gasteiger partial charge in [-0.3, -0.25) is 4.79 Å². The van der Waals surface area contributed by atoms with Crippen molar-refractivity contribution < 1.29 is 19.0 Å². The van der Waals surface area contributed by atoms with Crippen LogP contribution in [0.1, 0.15) is 12.0 Å². The van der Waals surface area contributed by atoms with Crippen LogP contribution in [0.15, 0.2) is 18.2 Å². The summed E-state index contributed by atoms with van der Waals surface area (Å²) in [6.45, 7) is -0.139. The second-order valence-corrected chi connectivity index (χ2v) is 3.45. The van der Waals surface area contributed by atoms with Crippen molar-refractivity contribution in [3.8, 4) is 11.8 Å². The SMILES string of the molecule is COCC(=O)Nc1ccc(C#CCCO)c(F)c1. The summed E-state index contributed by atoms with van der Waals surface area (Å²) in [5.41, 5.74) is 0.579. The molecule has 1 rings (SSSR count). The lowest BCUT2D eigenvalue weighted by atomic mass is 10.2. The third-order valence-electron chi connectivity index (χ3n) is 1.99. The van der Waals surface area contributed by atoms with Gasteiger partial charge in [0.05, 0.1) is 12.2 Å². The Labute approximate surface area is 105 Å². The van der Waals surface area contributed by atoms with E-state index < -0.39 is 5.82 Å². The number of carbonyl (C=O) groups excluding carboxylic acids is 1. The Morgan fingerprint density at radius 1 is 1.56 bits per heavy atom. The van der Waals surface area contributed by atoms with E-state index in [-0.39, 0.29) is 24.7 Å². The van der Waals surface area contributed by atoms with Crippen molar-refractivity contribution in [3.63, 3.8) is 0 Å². The van der Waals surface area contributed by atoms with Crippen LogP contribution in [0.4, 0.5) is 10.1 Å². The summed E-state index contributed by atoms with van der Waals surface area (Å²) in [7, 11) is 1.40. The molecular formula is C13H14FNO3. The van der Waals surface area contributed by atoms with Gasteiger partial charge >= 0.3 is 0 Å². The van der Waals surface area contributed by atoms with Crippen LogP contribution < -0.4 is 5.32 Å². The smallest absolute Gasteiger partial charge is 0.250 e. The highest BCUT2D eigenvalue weighted by Gasteiger charge is 2.04. The number of hydrogen-bond acceptors (Lipinski definition) is 3. The van der Waals surface area contributed by atoms with Crippen molar-refractivity contribution in [1.29, 1.82) is 0 Å². The van der Waals surface area contributed by atoms with Gasteiger partial charge in [0.15, 0.2) is 0 Å². The monoisotopic (exact) mass is 251 g/mol. The predicted octanol–water partition coefficient (Wildman–Crippen LogP) is 1.14. The molecule has 0 fully saturated rings. The molecule has 0 spiro atoms. The molecule has 0 aliphatic rings. The van der Waals surface area contributed by atoms with Crippen molar-refractivity contribution in [1.82, 2.24) is 0 Å². The number of ether oxygens (including phenoxy) is 1. The molecule has 5 heteroatoms. The normalized spacial score (nSPS) is 9.50. The Bertz CT molecular complexity index is 477. The van der Waals surface area contributed by atoms with Gasteiger partial charge in [-0.25, -0.2) is 4.39 Å². The average molecular weight is 251 g/mol. The van der Waals surface area contributed by atoms with E-state index in [0.717, 1.165) is 0 Å². The first-order valence-corrected chi connectivity index (χ1v) is 5.35. The third kappa shape index (κ3) is 4.53. The highest BCUT2D eigenvalue weighted by atomic mass is 19.1. The summed E-state index contributed by atoms with van der Waals surface area (Å²) in [4.78, 5) is 11.2. The fraction of sp³-hybridized carbons (Fsp3) is 0.308. The third-order valence-corrected chi connectivity index (χ3v) is 1.99. The van der Waals surface area contributed by atoms with Crippen LogP contribution in [0, 0.1) is 17.7 Å². The first-order valence-electron chi connectivity index (χ1n) is 5.35. The molecule has 0 unspecified atom stereocenters. The highest BCUT2D eigenvalue weighted by Crippen LogP contribution is 2.13. The maximum Gasteiger partial charge on any atom is 0.250 e. The van der Waals surface area contributed by atoms with E-state index in [4.69, 9.17) is 5.11 Å². The number of anilines is 1. The van der Waals surface area contributed by atoms with E-state index >= 15 is 0 Å². The van der Waals surface area contributed by atoms with Crippen LogP contribution in [0.5, 0.6) is 0 Å². The van der Waals surface area contributed by atoms with E-state index in [1.165, 1.54) is 19.2 Å². The Hall–Kier alpha value is -1.90. The minimum atomic E-state index is -0.518. The number of benzene rings is 1. The first-order chi connectivity index (χ1) is 8.67. The van der Waals surface area contributed by atoms with Crippen molar-refractivity contribution in [3.05, 3.63) is 29.6 Å². The second-order valence-electron chi connectivity index (χ2n) is 3.45. The van der Waals surface area contributed by atoms with Gasteiger partial charge in [-0.2, -0.15) is 0 Å². The number of nitrogens with one attached hydrogen (secondary N) is 1. The molecule has 18 heavy (non-hydrogen) atoms. The molecule has 0 aliphatic carbocycles. The molecule has 2 N–H and O–H groups in total. The van der Waals surface area contributed by atoms with Crippen LogP contribution >= 0.6 is 0 Å². The average Bonchev–Trinajstić information content (AvgIpc) is 2.32. The minimum absolute atomic E-state index is 0.0558. The zero-order chi connectivity index (χ0) is 13.4. The molecule has 0 atom stereocenters. The number of aliphatic hydroxyl groups excluding tert-OH is 1. The molecule has 1 amide bonds. The molecule has 0 saturated carbocycles. The van der Waals surface area contributed by atoms with Gasteiger partial charge in [0.2, 0.25) is 5.91 Å². The number of halogens is 1. The number of aliphatic hydroxyl groups is 1. The zero-order valence-electron chi connectivity index (χ0n) is 10.00. The number of amides is 1. The first kappa shape index (κ1) is 14.2. The predicted molar refractivity (Wildman–Crippen MR) is 65.5 cm³/mol. The van der Waals surface area contributed by atoms with Gasteiger partial charge in [-0.15, -0.1) is 0 Å². The fourth-order valence-electron chi connectivity index (χ4n) is 1.24. The molecular weight excluding hydrogens is 237 g/mol. The quantitative estimate of drug-likeness (QED) is 0.789. The van der Waals surface area contributed by atoms with E-state index in [1.54, 1.807) is 6.07 Å². The topological polar surface area (TPSA) is 58.6 Å². The molecule has 0 bridgehead atoms. The number of rotatable bonds is 4. The number of carbonyl (C=O) groups is 1. The maximum absolute atomic E-state index is 13.6. The summed E-state index contributed by atoms with van der Waals surface area (Å²) < 4.78 is 18.2. The van der Waals surface area contributed by atoms with Gasteiger partial charge in [0.1, 0.15) is 12.4 Å². The van der Waals surface area contributed by atoms with E-state index in [1.807, 2.05) is 0 Å². The lowest BCUT2D eigenvalue weighted by Gasteiger charge is -2.05. The number of hydrogen-bond donors (Lipinski definition) is 2. The molecule has 4 nitrogen and oxygen atoms in total. The van der Waals surface area contributed by atoms with Crippen LogP contribution in [-0.2, 0) is 9.53 Å². The maximum atomic E-state index is 13.6. The minimum Gasteiger partial charge on any atom is -0.395 e. The van der Waals surface area contributed by atoms with Gasteiger partial charge in [-0.1, -0.05) is 11.8 Å². The number of methoxy groups -OCH3 is 1. The van der Waals surface area contributed by atoms with Gasteiger partial charge in [-0.05, 0) is 18.2 Å². The molecule has 0 radical (unpaired) electrons. The molecule has 1 aromatic carbocycles. The fourth-order valence-corrected chi connectivity index (χ4v) is 1.24. The molecule has 0 aliphatic heterocycles. The second kappa shape index (κ2) is 7.43. The molecule has 1 aromatic rings. The summed E-state index contributed by atoms with van der Waals surface area (Å²) in [6, 6.07) is 4.22. The largest absolute Gasteiger partial charge is 0.395 e. The highest BCUT2D eigenvalue weighted by molar-refractivity contribution is 5.91. The summed E-state index contributed by atoms with van der Waals surface area (Å²) in [5, 5.41) is 11.0. The van der Waals surface area contributed by atoms with Gasteiger partial charge in [0, 0.05) is 19.2 Å². The van der Waals surface area contributed by atoms with Crippen LogP contribution in [0.25, 0.3) is 0 Å². The van der Waals surface area contributed by atoms with Crippen molar-refractivity contribution in [2.75, 3.05) is 25.6 Å². The summed E-state index contributed by atoms with van der Waals surface area (Å²) in [5.74, 6) is 4.35. The van der Waals surface area contributed by atoms with Crippen molar-refractivity contribution in [2.45, 2.75) is 6.42 Å².